The maximum atomic E-state index is 13.5. The van der Waals surface area contributed by atoms with E-state index in [0.29, 0.717) is 5.92 Å². The minimum Gasteiger partial charge on any atom is -0.324 e. The fourth-order valence-electron chi connectivity index (χ4n) is 4.59. The first-order valence-electron chi connectivity index (χ1n) is 11.4. The van der Waals surface area contributed by atoms with Crippen LogP contribution in [0.5, 0.6) is 0 Å². The van der Waals surface area contributed by atoms with Crippen LogP contribution < -0.4 is 0 Å². The molecule has 1 aliphatic heterocycles. The van der Waals surface area contributed by atoms with E-state index in [4.69, 9.17) is 9.97 Å². The highest BCUT2D eigenvalue weighted by Gasteiger charge is 2.29. The Balaban J connectivity index is 1.28. The summed E-state index contributed by atoms with van der Waals surface area (Å²) in [5.41, 5.74) is 4.50. The summed E-state index contributed by atoms with van der Waals surface area (Å²) in [5.74, 6) is 1.29. The Morgan fingerprint density at radius 1 is 0.939 bits per heavy atom. The third kappa shape index (κ3) is 4.14. The Morgan fingerprint density at radius 2 is 1.82 bits per heavy atom. The van der Waals surface area contributed by atoms with Crippen molar-refractivity contribution in [1.29, 1.82) is 0 Å². The molecule has 1 saturated carbocycles. The Morgan fingerprint density at radius 3 is 2.61 bits per heavy atom. The van der Waals surface area contributed by atoms with Crippen molar-refractivity contribution in [3.8, 4) is 22.6 Å². The number of rotatable bonds is 6. The van der Waals surface area contributed by atoms with Crippen molar-refractivity contribution in [2.45, 2.75) is 37.8 Å². The maximum absolute atomic E-state index is 13.5. The van der Waals surface area contributed by atoms with E-state index >= 15 is 0 Å². The van der Waals surface area contributed by atoms with Gasteiger partial charge < -0.3 is 4.57 Å². The monoisotopic (exact) mass is 441 g/mol. The van der Waals surface area contributed by atoms with E-state index in [1.54, 1.807) is 24.7 Å². The molecule has 4 heterocycles. The number of halogens is 1. The number of hydrogen-bond acceptors (Lipinski definition) is 6. The molecule has 2 fully saturated rings. The zero-order valence-corrected chi connectivity index (χ0v) is 18.2. The van der Waals surface area contributed by atoms with Gasteiger partial charge in [0.15, 0.2) is 0 Å². The van der Waals surface area contributed by atoms with Crippen LogP contribution in [-0.2, 0) is 6.54 Å². The highest BCUT2D eigenvalue weighted by atomic mass is 19.1. The van der Waals surface area contributed by atoms with Gasteiger partial charge in [-0.2, -0.15) is 0 Å². The highest BCUT2D eigenvalue weighted by molar-refractivity contribution is 5.76. The third-order valence-corrected chi connectivity index (χ3v) is 6.44. The number of imidazole rings is 1. The standard InChI is InChI=1S/C25H24FN7/c26-19-5-3-17(4-6-19)23-24(22-8-10-27-15-29-22)33(16-30-23)21-9-12-32(14-21)13-20-7-11-28-25(31-20)18-1-2-18/h3-8,10-11,15-16,18,21H,1-2,9,12-14H2. The van der Waals surface area contributed by atoms with E-state index in [-0.39, 0.29) is 11.9 Å². The smallest absolute Gasteiger partial charge is 0.131 e. The molecule has 2 aliphatic rings. The van der Waals surface area contributed by atoms with Crippen LogP contribution in [0.1, 0.15) is 42.7 Å². The average molecular weight is 442 g/mol. The van der Waals surface area contributed by atoms with E-state index in [1.807, 2.05) is 24.7 Å². The average Bonchev–Trinajstić information content (AvgIpc) is 3.45. The molecule has 1 aromatic carbocycles. The molecule has 0 amide bonds. The number of benzene rings is 1. The predicted molar refractivity (Wildman–Crippen MR) is 122 cm³/mol. The summed E-state index contributed by atoms with van der Waals surface area (Å²) in [6, 6.07) is 10.6. The van der Waals surface area contributed by atoms with Crippen LogP contribution >= 0.6 is 0 Å². The minimum absolute atomic E-state index is 0.261. The van der Waals surface area contributed by atoms with Crippen LogP contribution in [0.3, 0.4) is 0 Å². The molecule has 4 aromatic rings. The lowest BCUT2D eigenvalue weighted by atomic mass is 10.1. The molecular weight excluding hydrogens is 417 g/mol. The molecule has 33 heavy (non-hydrogen) atoms. The molecule has 1 aliphatic carbocycles. The van der Waals surface area contributed by atoms with Crippen molar-refractivity contribution in [2.75, 3.05) is 13.1 Å². The first kappa shape index (κ1) is 20.1. The van der Waals surface area contributed by atoms with E-state index in [9.17, 15) is 4.39 Å². The summed E-state index contributed by atoms with van der Waals surface area (Å²) in [4.78, 5) is 25.0. The van der Waals surface area contributed by atoms with Gasteiger partial charge in [0.05, 0.1) is 29.1 Å². The van der Waals surface area contributed by atoms with E-state index < -0.39 is 0 Å². The van der Waals surface area contributed by atoms with Gasteiger partial charge in [0.25, 0.3) is 0 Å². The van der Waals surface area contributed by atoms with Crippen LogP contribution in [0.4, 0.5) is 4.39 Å². The molecule has 0 spiro atoms. The molecule has 7 nitrogen and oxygen atoms in total. The van der Waals surface area contributed by atoms with Crippen LogP contribution in [0.15, 0.2) is 61.4 Å². The molecule has 6 rings (SSSR count). The normalized spacial score (nSPS) is 18.6. The molecule has 1 atom stereocenters. The van der Waals surface area contributed by atoms with Crippen LogP contribution in [0.2, 0.25) is 0 Å². The van der Waals surface area contributed by atoms with Gasteiger partial charge in [0.1, 0.15) is 18.0 Å². The van der Waals surface area contributed by atoms with Crippen LogP contribution in [0.25, 0.3) is 22.6 Å². The zero-order chi connectivity index (χ0) is 22.2. The van der Waals surface area contributed by atoms with Crippen molar-refractivity contribution in [3.63, 3.8) is 0 Å². The lowest BCUT2D eigenvalue weighted by Gasteiger charge is -2.18. The SMILES string of the molecule is Fc1ccc(-c2ncn(C3CCN(Cc4ccnc(C5CC5)n4)C3)c2-c2ccncn2)cc1. The summed E-state index contributed by atoms with van der Waals surface area (Å²) in [5, 5.41) is 0. The number of likely N-dealkylation sites (tertiary alicyclic amines) is 1. The van der Waals surface area contributed by atoms with Crippen LogP contribution in [0, 0.1) is 5.82 Å². The molecular formula is C25H24FN7. The molecule has 1 saturated heterocycles. The van der Waals surface area contributed by atoms with E-state index in [0.717, 1.165) is 60.2 Å². The Kier molecular flexibility index (Phi) is 5.14. The van der Waals surface area contributed by atoms with Gasteiger partial charge >= 0.3 is 0 Å². The highest BCUT2D eigenvalue weighted by Crippen LogP contribution is 2.38. The topological polar surface area (TPSA) is 72.6 Å². The molecule has 8 heteroatoms. The van der Waals surface area contributed by atoms with Gasteiger partial charge in [0, 0.05) is 49.6 Å². The summed E-state index contributed by atoms with van der Waals surface area (Å²) >= 11 is 0. The van der Waals surface area contributed by atoms with Gasteiger partial charge in [-0.15, -0.1) is 0 Å². The maximum Gasteiger partial charge on any atom is 0.131 e. The van der Waals surface area contributed by atoms with Gasteiger partial charge in [-0.3, -0.25) is 4.90 Å². The summed E-state index contributed by atoms with van der Waals surface area (Å²) in [6.45, 7) is 2.71. The first-order valence-corrected chi connectivity index (χ1v) is 11.4. The number of aromatic nitrogens is 6. The van der Waals surface area contributed by atoms with Crippen molar-refractivity contribution in [1.82, 2.24) is 34.4 Å². The van der Waals surface area contributed by atoms with E-state index in [1.165, 1.54) is 25.0 Å². The Hall–Kier alpha value is -3.52. The number of hydrogen-bond donors (Lipinski definition) is 0. The van der Waals surface area contributed by atoms with Gasteiger partial charge in [-0.25, -0.2) is 29.3 Å². The van der Waals surface area contributed by atoms with Gasteiger partial charge in [-0.05, 0) is 55.7 Å². The third-order valence-electron chi connectivity index (χ3n) is 6.44. The fraction of sp³-hybridized carbons (Fsp3) is 0.320. The molecule has 3 aromatic heterocycles. The second-order valence-electron chi connectivity index (χ2n) is 8.81. The van der Waals surface area contributed by atoms with E-state index in [2.05, 4.69) is 24.4 Å². The molecule has 0 bridgehead atoms. The quantitative estimate of drug-likeness (QED) is 0.445. The largest absolute Gasteiger partial charge is 0.324 e. The molecule has 0 N–H and O–H groups in total. The van der Waals surface area contributed by atoms with Crippen molar-refractivity contribution >= 4 is 0 Å². The predicted octanol–water partition coefficient (Wildman–Crippen LogP) is 4.26. The fourth-order valence-corrected chi connectivity index (χ4v) is 4.59. The van der Waals surface area contributed by atoms with Gasteiger partial charge in [0.2, 0.25) is 0 Å². The molecule has 1 unspecified atom stereocenters. The molecule has 166 valence electrons. The second kappa shape index (κ2) is 8.44. The van der Waals surface area contributed by atoms with Crippen LogP contribution in [-0.4, -0.2) is 47.5 Å². The molecule has 0 radical (unpaired) electrons. The Labute approximate surface area is 191 Å². The minimum atomic E-state index is -0.261. The second-order valence-corrected chi connectivity index (χ2v) is 8.81. The van der Waals surface area contributed by atoms with Gasteiger partial charge in [-0.1, -0.05) is 0 Å². The van der Waals surface area contributed by atoms with Crippen molar-refractivity contribution < 1.29 is 4.39 Å². The zero-order valence-electron chi connectivity index (χ0n) is 18.2. The summed E-state index contributed by atoms with van der Waals surface area (Å²) in [7, 11) is 0. The lowest BCUT2D eigenvalue weighted by Crippen LogP contribution is -2.22. The number of nitrogens with zero attached hydrogens (tertiary/aromatic N) is 7. The summed E-state index contributed by atoms with van der Waals surface area (Å²) < 4.78 is 15.7. The first-order chi connectivity index (χ1) is 16.2. The summed E-state index contributed by atoms with van der Waals surface area (Å²) in [6.07, 6.45) is 10.5. The van der Waals surface area contributed by atoms with Crippen molar-refractivity contribution in [2.24, 2.45) is 0 Å². The Bertz CT molecular complexity index is 1250. The lowest BCUT2D eigenvalue weighted by molar-refractivity contribution is 0.312. The van der Waals surface area contributed by atoms with Crippen molar-refractivity contribution in [3.05, 3.63) is 78.8 Å².